The molecular formula is C26H29ClN2O3. The third kappa shape index (κ3) is 7.36. The highest BCUT2D eigenvalue weighted by Gasteiger charge is 2.19. The fourth-order valence-electron chi connectivity index (χ4n) is 3.18. The molecule has 1 N–H and O–H groups in total. The maximum atomic E-state index is 12.9. The van der Waals surface area contributed by atoms with E-state index in [2.05, 4.69) is 17.2 Å². The molecule has 6 heteroatoms. The average molecular weight is 453 g/mol. The first-order valence-corrected chi connectivity index (χ1v) is 11.4. The van der Waals surface area contributed by atoms with E-state index >= 15 is 0 Å². The predicted molar refractivity (Wildman–Crippen MR) is 128 cm³/mol. The third-order valence-electron chi connectivity index (χ3n) is 4.98. The van der Waals surface area contributed by atoms with Crippen molar-refractivity contribution in [2.75, 3.05) is 11.9 Å². The number of hydrogen-bond donors (Lipinski definition) is 1. The number of benzene rings is 2. The second kappa shape index (κ2) is 12.8. The summed E-state index contributed by atoms with van der Waals surface area (Å²) in [5.74, 6) is 0.183. The summed E-state index contributed by atoms with van der Waals surface area (Å²) in [5.41, 5.74) is 1.93. The van der Waals surface area contributed by atoms with Crippen molar-refractivity contribution in [1.82, 2.24) is 4.98 Å². The summed E-state index contributed by atoms with van der Waals surface area (Å²) < 4.78 is 12.3. The van der Waals surface area contributed by atoms with E-state index in [0.717, 1.165) is 31.2 Å². The molecule has 0 saturated heterocycles. The van der Waals surface area contributed by atoms with Gasteiger partial charge in [-0.3, -0.25) is 9.78 Å². The second-order valence-corrected chi connectivity index (χ2v) is 8.04. The van der Waals surface area contributed by atoms with Crippen LogP contribution in [0.15, 0.2) is 79.1 Å². The molecule has 2 atom stereocenters. The molecule has 0 aliphatic rings. The fraction of sp³-hybridized carbons (Fsp3) is 0.308. The number of carbonyl (C=O) groups excluding carboxylic acids is 1. The van der Waals surface area contributed by atoms with Gasteiger partial charge in [0.1, 0.15) is 5.75 Å². The summed E-state index contributed by atoms with van der Waals surface area (Å²) >= 11 is 6.21. The number of pyridine rings is 1. The summed E-state index contributed by atoms with van der Waals surface area (Å²) in [6, 6.07) is 20.4. The summed E-state index contributed by atoms with van der Waals surface area (Å²) in [6.45, 7) is 2.63. The SMILES string of the molecule is CCC(Cl)CCCCOC(Oc1ccccc1C(=O)Nc1cccnc1)c1ccccc1. The lowest BCUT2D eigenvalue weighted by Gasteiger charge is -2.21. The summed E-state index contributed by atoms with van der Waals surface area (Å²) in [7, 11) is 0. The molecule has 0 spiro atoms. The number of alkyl halides is 1. The van der Waals surface area contributed by atoms with Crippen LogP contribution in [0.3, 0.4) is 0 Å². The zero-order valence-electron chi connectivity index (χ0n) is 18.2. The highest BCUT2D eigenvalue weighted by molar-refractivity contribution is 6.20. The van der Waals surface area contributed by atoms with Crippen molar-refractivity contribution in [2.45, 2.75) is 44.3 Å². The maximum absolute atomic E-state index is 12.9. The Balaban J connectivity index is 1.69. The van der Waals surface area contributed by atoms with Crippen LogP contribution in [0.4, 0.5) is 5.69 Å². The Morgan fingerprint density at radius 3 is 2.56 bits per heavy atom. The van der Waals surface area contributed by atoms with Crippen LogP contribution in [-0.2, 0) is 4.74 Å². The van der Waals surface area contributed by atoms with Gasteiger partial charge in [-0.15, -0.1) is 11.6 Å². The van der Waals surface area contributed by atoms with E-state index in [-0.39, 0.29) is 11.3 Å². The lowest BCUT2D eigenvalue weighted by atomic mass is 10.1. The summed E-state index contributed by atoms with van der Waals surface area (Å²) in [4.78, 5) is 16.9. The lowest BCUT2D eigenvalue weighted by molar-refractivity contribution is -0.0848. The molecule has 1 amide bonds. The van der Waals surface area contributed by atoms with Gasteiger partial charge in [0, 0.05) is 17.1 Å². The molecule has 5 nitrogen and oxygen atoms in total. The van der Waals surface area contributed by atoms with E-state index in [4.69, 9.17) is 21.1 Å². The highest BCUT2D eigenvalue weighted by atomic mass is 35.5. The summed E-state index contributed by atoms with van der Waals surface area (Å²) in [6.07, 6.45) is 6.45. The molecule has 0 aliphatic carbocycles. The number of nitrogens with zero attached hydrogens (tertiary/aromatic N) is 1. The number of hydrogen-bond acceptors (Lipinski definition) is 4. The summed E-state index contributed by atoms with van der Waals surface area (Å²) in [5, 5.41) is 3.06. The predicted octanol–water partition coefficient (Wildman–Crippen LogP) is 6.62. The molecule has 0 bridgehead atoms. The number of unbranched alkanes of at least 4 members (excludes halogenated alkanes) is 1. The van der Waals surface area contributed by atoms with Gasteiger partial charge in [-0.05, 0) is 49.9 Å². The molecular weight excluding hydrogens is 424 g/mol. The molecule has 168 valence electrons. The van der Waals surface area contributed by atoms with Gasteiger partial charge in [-0.25, -0.2) is 0 Å². The first kappa shape index (κ1) is 23.8. The first-order valence-electron chi connectivity index (χ1n) is 10.9. The number of halogens is 1. The number of rotatable bonds is 12. The molecule has 3 aromatic rings. The number of carbonyl (C=O) groups is 1. The maximum Gasteiger partial charge on any atom is 0.259 e. The van der Waals surface area contributed by atoms with E-state index in [1.165, 1.54) is 0 Å². The van der Waals surface area contributed by atoms with Gasteiger partial charge in [-0.1, -0.05) is 49.4 Å². The van der Waals surface area contributed by atoms with Crippen LogP contribution < -0.4 is 10.1 Å². The molecule has 2 aromatic carbocycles. The zero-order valence-corrected chi connectivity index (χ0v) is 19.0. The second-order valence-electron chi connectivity index (χ2n) is 7.42. The standard InChI is InChI=1S/C26H29ClN2O3/c1-2-21(27)13-8-9-18-31-26(20-11-4-3-5-12-20)32-24-16-7-6-15-23(24)25(30)29-22-14-10-17-28-19-22/h3-7,10-12,14-17,19,21,26H,2,8-9,13,18H2,1H3,(H,29,30). The number of aromatic nitrogens is 1. The van der Waals surface area contributed by atoms with E-state index in [1.807, 2.05) is 36.4 Å². The van der Waals surface area contributed by atoms with Gasteiger partial charge < -0.3 is 14.8 Å². The zero-order chi connectivity index (χ0) is 22.6. The smallest absolute Gasteiger partial charge is 0.259 e. The molecule has 0 fully saturated rings. The van der Waals surface area contributed by atoms with Crippen molar-refractivity contribution in [1.29, 1.82) is 0 Å². The average Bonchev–Trinajstić information content (AvgIpc) is 2.84. The van der Waals surface area contributed by atoms with Crippen LogP contribution in [0.1, 0.15) is 54.8 Å². The van der Waals surface area contributed by atoms with Crippen LogP contribution in [0.5, 0.6) is 5.75 Å². The van der Waals surface area contributed by atoms with Crippen molar-refractivity contribution in [3.05, 3.63) is 90.3 Å². The van der Waals surface area contributed by atoms with Gasteiger partial charge in [0.25, 0.3) is 5.91 Å². The largest absolute Gasteiger partial charge is 0.460 e. The van der Waals surface area contributed by atoms with Gasteiger partial charge in [-0.2, -0.15) is 0 Å². The Morgan fingerprint density at radius 2 is 1.81 bits per heavy atom. The van der Waals surface area contributed by atoms with Crippen LogP contribution in [0.2, 0.25) is 0 Å². The first-order chi connectivity index (χ1) is 15.7. The third-order valence-corrected chi connectivity index (χ3v) is 5.51. The van der Waals surface area contributed by atoms with E-state index in [1.54, 1.807) is 42.7 Å². The molecule has 2 unspecified atom stereocenters. The topological polar surface area (TPSA) is 60.5 Å². The van der Waals surface area contributed by atoms with Crippen LogP contribution in [0, 0.1) is 0 Å². The molecule has 0 aliphatic heterocycles. The Bertz CT molecular complexity index is 954. The van der Waals surface area contributed by atoms with Gasteiger partial charge in [0.15, 0.2) is 0 Å². The molecule has 1 heterocycles. The number of nitrogens with one attached hydrogen (secondary N) is 1. The molecule has 3 rings (SSSR count). The van der Waals surface area contributed by atoms with Crippen LogP contribution in [-0.4, -0.2) is 22.9 Å². The lowest BCUT2D eigenvalue weighted by Crippen LogP contribution is -2.17. The van der Waals surface area contributed by atoms with Gasteiger partial charge in [0.2, 0.25) is 6.29 Å². The number of anilines is 1. The van der Waals surface area contributed by atoms with E-state index < -0.39 is 6.29 Å². The number of amides is 1. The number of ether oxygens (including phenoxy) is 2. The normalized spacial score (nSPS) is 12.7. The minimum absolute atomic E-state index is 0.210. The minimum Gasteiger partial charge on any atom is -0.460 e. The molecule has 1 aromatic heterocycles. The Labute approximate surface area is 194 Å². The fourth-order valence-corrected chi connectivity index (χ4v) is 3.33. The molecule has 0 saturated carbocycles. The Morgan fingerprint density at radius 1 is 1.03 bits per heavy atom. The van der Waals surface area contributed by atoms with Crippen molar-refractivity contribution in [3.8, 4) is 5.75 Å². The quantitative estimate of drug-likeness (QED) is 0.190. The van der Waals surface area contributed by atoms with Crippen molar-refractivity contribution in [3.63, 3.8) is 0 Å². The Kier molecular flexibility index (Phi) is 9.54. The minimum atomic E-state index is -0.624. The van der Waals surface area contributed by atoms with Crippen molar-refractivity contribution >= 4 is 23.2 Å². The molecule has 0 radical (unpaired) electrons. The van der Waals surface area contributed by atoms with Gasteiger partial charge >= 0.3 is 0 Å². The number of para-hydroxylation sites is 1. The van der Waals surface area contributed by atoms with E-state index in [0.29, 0.717) is 23.6 Å². The van der Waals surface area contributed by atoms with Gasteiger partial charge in [0.05, 0.1) is 24.1 Å². The van der Waals surface area contributed by atoms with Crippen molar-refractivity contribution in [2.24, 2.45) is 0 Å². The Hall–Kier alpha value is -2.89. The van der Waals surface area contributed by atoms with Crippen molar-refractivity contribution < 1.29 is 14.3 Å². The van der Waals surface area contributed by atoms with Crippen LogP contribution >= 0.6 is 11.6 Å². The van der Waals surface area contributed by atoms with Crippen LogP contribution in [0.25, 0.3) is 0 Å². The monoisotopic (exact) mass is 452 g/mol. The van der Waals surface area contributed by atoms with E-state index in [9.17, 15) is 4.79 Å². The molecule has 32 heavy (non-hydrogen) atoms. The highest BCUT2D eigenvalue weighted by Crippen LogP contribution is 2.27.